The number of amides is 1. The largest absolute Gasteiger partial charge is 0.379 e. The molecule has 6 heteroatoms. The summed E-state index contributed by atoms with van der Waals surface area (Å²) in [7, 11) is 0. The molecule has 2 aromatic rings. The zero-order valence-corrected chi connectivity index (χ0v) is 14.2. The minimum absolute atomic E-state index is 0.0535. The summed E-state index contributed by atoms with van der Waals surface area (Å²) in [6.45, 7) is 5.84. The molecule has 128 valence electrons. The van der Waals surface area contributed by atoms with Crippen molar-refractivity contribution in [1.82, 2.24) is 20.1 Å². The quantitative estimate of drug-likeness (QED) is 0.875. The van der Waals surface area contributed by atoms with E-state index in [1.807, 2.05) is 36.7 Å². The Kier molecular flexibility index (Phi) is 5.25. The van der Waals surface area contributed by atoms with Crippen molar-refractivity contribution >= 4 is 5.91 Å². The van der Waals surface area contributed by atoms with Gasteiger partial charge in [-0.05, 0) is 44.0 Å². The van der Waals surface area contributed by atoms with Crippen molar-refractivity contribution in [2.75, 3.05) is 13.2 Å². The van der Waals surface area contributed by atoms with E-state index < -0.39 is 0 Å². The normalized spacial score (nSPS) is 20.2. The molecular formula is C18H24N4O2. The first kappa shape index (κ1) is 16.6. The predicted molar refractivity (Wildman–Crippen MR) is 90.5 cm³/mol. The van der Waals surface area contributed by atoms with Crippen LogP contribution >= 0.6 is 0 Å². The van der Waals surface area contributed by atoms with Gasteiger partial charge in [0.1, 0.15) is 0 Å². The van der Waals surface area contributed by atoms with Crippen LogP contribution in [0.4, 0.5) is 0 Å². The Morgan fingerprint density at radius 3 is 2.83 bits per heavy atom. The number of hydrogen-bond donors (Lipinski definition) is 1. The smallest absolute Gasteiger partial charge is 0.222 e. The second-order valence-electron chi connectivity index (χ2n) is 6.43. The average Bonchev–Trinajstić information content (AvgIpc) is 3.12. The molecule has 1 saturated heterocycles. The number of nitrogens with one attached hydrogen (secondary N) is 1. The zero-order chi connectivity index (χ0) is 16.9. The highest BCUT2D eigenvalue weighted by Crippen LogP contribution is 2.19. The van der Waals surface area contributed by atoms with E-state index in [0.717, 1.165) is 17.8 Å². The van der Waals surface area contributed by atoms with Crippen LogP contribution in [0, 0.1) is 19.8 Å². The summed E-state index contributed by atoms with van der Waals surface area (Å²) in [6, 6.07) is 6.12. The number of carbonyl (C=O) groups is 1. The van der Waals surface area contributed by atoms with Crippen LogP contribution in [0.25, 0.3) is 0 Å². The van der Waals surface area contributed by atoms with Gasteiger partial charge < -0.3 is 10.1 Å². The van der Waals surface area contributed by atoms with Gasteiger partial charge in [0.05, 0.1) is 24.9 Å². The molecule has 0 bridgehead atoms. The fraction of sp³-hybridized carbons (Fsp3) is 0.500. The van der Waals surface area contributed by atoms with Crippen LogP contribution in [-0.4, -0.2) is 39.9 Å². The summed E-state index contributed by atoms with van der Waals surface area (Å²) in [4.78, 5) is 16.3. The van der Waals surface area contributed by atoms with Gasteiger partial charge in [0.15, 0.2) is 0 Å². The van der Waals surface area contributed by atoms with Crippen molar-refractivity contribution < 1.29 is 9.53 Å². The molecule has 2 aromatic heterocycles. The molecule has 0 aliphatic carbocycles. The van der Waals surface area contributed by atoms with E-state index in [2.05, 4.69) is 15.4 Å². The van der Waals surface area contributed by atoms with E-state index >= 15 is 0 Å². The van der Waals surface area contributed by atoms with E-state index in [9.17, 15) is 4.79 Å². The summed E-state index contributed by atoms with van der Waals surface area (Å²) in [5, 5.41) is 7.52. The van der Waals surface area contributed by atoms with Crippen LogP contribution < -0.4 is 5.32 Å². The lowest BCUT2D eigenvalue weighted by atomic mass is 9.95. The first-order valence-electron chi connectivity index (χ1n) is 8.39. The molecule has 1 aliphatic heterocycles. The van der Waals surface area contributed by atoms with Crippen molar-refractivity contribution in [3.8, 4) is 0 Å². The van der Waals surface area contributed by atoms with E-state index in [1.54, 1.807) is 12.4 Å². The summed E-state index contributed by atoms with van der Waals surface area (Å²) in [5.74, 6) is 0.364. The van der Waals surface area contributed by atoms with Gasteiger partial charge in [-0.1, -0.05) is 0 Å². The molecule has 3 heterocycles. The van der Waals surface area contributed by atoms with Crippen LogP contribution in [0.15, 0.2) is 30.6 Å². The van der Waals surface area contributed by atoms with E-state index in [0.29, 0.717) is 32.1 Å². The summed E-state index contributed by atoms with van der Waals surface area (Å²) in [5.41, 5.74) is 3.29. The Balaban J connectivity index is 1.50. The number of carbonyl (C=O) groups excluding carboxylic acids is 1. The number of aryl methyl sites for hydroxylation is 3. The van der Waals surface area contributed by atoms with Gasteiger partial charge in [0.2, 0.25) is 5.91 Å². The highest BCUT2D eigenvalue weighted by molar-refractivity contribution is 5.76. The fourth-order valence-corrected chi connectivity index (χ4v) is 3.17. The summed E-state index contributed by atoms with van der Waals surface area (Å²) in [6.07, 6.45) is 4.92. The molecule has 0 unspecified atom stereocenters. The fourth-order valence-electron chi connectivity index (χ4n) is 3.17. The molecule has 2 atom stereocenters. The topological polar surface area (TPSA) is 69.0 Å². The monoisotopic (exact) mass is 328 g/mol. The molecule has 1 N–H and O–H groups in total. The molecule has 1 aliphatic rings. The van der Waals surface area contributed by atoms with E-state index in [-0.39, 0.29) is 11.9 Å². The molecule has 0 saturated carbocycles. The second-order valence-corrected chi connectivity index (χ2v) is 6.43. The molecule has 6 nitrogen and oxygen atoms in total. The maximum atomic E-state index is 12.3. The van der Waals surface area contributed by atoms with Gasteiger partial charge in [0, 0.05) is 37.0 Å². The Morgan fingerprint density at radius 1 is 1.33 bits per heavy atom. The third-order valence-electron chi connectivity index (χ3n) is 4.45. The first-order chi connectivity index (χ1) is 11.6. The Labute approximate surface area is 142 Å². The van der Waals surface area contributed by atoms with Crippen LogP contribution in [0.3, 0.4) is 0 Å². The van der Waals surface area contributed by atoms with Crippen molar-refractivity contribution in [3.63, 3.8) is 0 Å². The van der Waals surface area contributed by atoms with Gasteiger partial charge in [-0.2, -0.15) is 5.10 Å². The van der Waals surface area contributed by atoms with Crippen LogP contribution in [0.1, 0.15) is 23.4 Å². The Bertz CT molecular complexity index is 684. The lowest BCUT2D eigenvalue weighted by Crippen LogP contribution is -2.41. The molecule has 0 aromatic carbocycles. The van der Waals surface area contributed by atoms with Crippen molar-refractivity contribution in [2.24, 2.45) is 5.92 Å². The van der Waals surface area contributed by atoms with Gasteiger partial charge >= 0.3 is 0 Å². The van der Waals surface area contributed by atoms with E-state index in [1.165, 1.54) is 5.56 Å². The van der Waals surface area contributed by atoms with Crippen LogP contribution in [0.2, 0.25) is 0 Å². The van der Waals surface area contributed by atoms with Gasteiger partial charge in [-0.15, -0.1) is 0 Å². The zero-order valence-electron chi connectivity index (χ0n) is 14.2. The lowest BCUT2D eigenvalue weighted by molar-refractivity contribution is -0.122. The minimum Gasteiger partial charge on any atom is -0.379 e. The number of pyridine rings is 1. The number of aromatic nitrogens is 3. The molecule has 24 heavy (non-hydrogen) atoms. The van der Waals surface area contributed by atoms with Gasteiger partial charge in [-0.25, -0.2) is 0 Å². The van der Waals surface area contributed by atoms with Crippen molar-refractivity contribution in [3.05, 3.63) is 47.5 Å². The maximum absolute atomic E-state index is 12.3. The number of rotatable bonds is 6. The first-order valence-corrected chi connectivity index (χ1v) is 8.39. The van der Waals surface area contributed by atoms with Crippen molar-refractivity contribution in [2.45, 2.75) is 39.3 Å². The Morgan fingerprint density at radius 2 is 2.12 bits per heavy atom. The standard InChI is InChI=1S/C18H24N4O2/c1-13-9-14(2)22(21-13)8-5-18(23)20-17-12-24-11-16(17)10-15-3-6-19-7-4-15/h3-4,6-7,9,16-17H,5,8,10-12H2,1-2H3,(H,20,23)/t16-,17+/m1/s1. The third kappa shape index (κ3) is 4.20. The van der Waals surface area contributed by atoms with Crippen molar-refractivity contribution in [1.29, 1.82) is 0 Å². The number of nitrogens with zero attached hydrogens (tertiary/aromatic N) is 3. The van der Waals surface area contributed by atoms with Gasteiger partial charge in [-0.3, -0.25) is 14.5 Å². The number of hydrogen-bond acceptors (Lipinski definition) is 4. The molecule has 0 radical (unpaired) electrons. The SMILES string of the molecule is Cc1cc(C)n(CCC(=O)N[C@H]2COC[C@H]2Cc2ccncc2)n1. The number of ether oxygens (including phenoxy) is 1. The van der Waals surface area contributed by atoms with Gasteiger partial charge in [0.25, 0.3) is 0 Å². The van der Waals surface area contributed by atoms with Crippen LogP contribution in [0.5, 0.6) is 0 Å². The summed E-state index contributed by atoms with van der Waals surface area (Å²) < 4.78 is 7.46. The lowest BCUT2D eigenvalue weighted by Gasteiger charge is -2.19. The molecule has 1 fully saturated rings. The highest BCUT2D eigenvalue weighted by atomic mass is 16.5. The molecule has 3 rings (SSSR count). The average molecular weight is 328 g/mol. The highest BCUT2D eigenvalue weighted by Gasteiger charge is 2.29. The summed E-state index contributed by atoms with van der Waals surface area (Å²) >= 11 is 0. The maximum Gasteiger partial charge on any atom is 0.222 e. The second kappa shape index (κ2) is 7.57. The minimum atomic E-state index is 0.0535. The molecular weight excluding hydrogens is 304 g/mol. The van der Waals surface area contributed by atoms with Crippen LogP contribution in [-0.2, 0) is 22.5 Å². The molecule has 1 amide bonds. The van der Waals surface area contributed by atoms with E-state index in [4.69, 9.17) is 4.74 Å². The Hall–Kier alpha value is -2.21. The predicted octanol–water partition coefficient (Wildman–Crippen LogP) is 1.66. The third-order valence-corrected chi connectivity index (χ3v) is 4.45. The molecule has 0 spiro atoms.